The van der Waals surface area contributed by atoms with Gasteiger partial charge in [0.15, 0.2) is 0 Å². The number of rotatable bonds is 2. The van der Waals surface area contributed by atoms with Crippen LogP contribution in [-0.4, -0.2) is 0 Å². The number of hydrogen-bond acceptors (Lipinski definition) is 0. The average molecular weight is 185 g/mol. The standard InChI is InChI=1S/C14H17/c1-2-5-9-13(8-4-1)12-14-10-6-3-7-11-14/h1,3,6-7,10-11,13H,4-5,8-9,12H2. The van der Waals surface area contributed by atoms with E-state index < -0.39 is 0 Å². The second kappa shape index (κ2) is 4.99. The summed E-state index contributed by atoms with van der Waals surface area (Å²) < 4.78 is 0. The van der Waals surface area contributed by atoms with Gasteiger partial charge >= 0.3 is 0 Å². The van der Waals surface area contributed by atoms with Gasteiger partial charge in [-0.25, -0.2) is 0 Å². The lowest BCUT2D eigenvalue weighted by molar-refractivity contribution is 0.464. The molecule has 1 unspecified atom stereocenters. The van der Waals surface area contributed by atoms with Gasteiger partial charge in [-0.15, -0.1) is 0 Å². The van der Waals surface area contributed by atoms with Crippen LogP contribution in [0.25, 0.3) is 0 Å². The fraction of sp³-hybridized carbons (Fsp3) is 0.429. The van der Waals surface area contributed by atoms with E-state index in [0.29, 0.717) is 0 Å². The van der Waals surface area contributed by atoms with Crippen molar-refractivity contribution in [3.05, 3.63) is 48.0 Å². The van der Waals surface area contributed by atoms with Gasteiger partial charge < -0.3 is 0 Å². The molecule has 73 valence electrons. The molecule has 1 atom stereocenters. The normalized spacial score (nSPS) is 18.0. The first kappa shape index (κ1) is 9.51. The minimum atomic E-state index is 0.864. The third kappa shape index (κ3) is 2.73. The molecule has 2 rings (SSSR count). The highest BCUT2D eigenvalue weighted by Gasteiger charge is 2.09. The molecule has 1 aromatic carbocycles. The van der Waals surface area contributed by atoms with E-state index in [1.165, 1.54) is 31.2 Å². The van der Waals surface area contributed by atoms with Crippen molar-refractivity contribution in [2.45, 2.75) is 32.1 Å². The van der Waals surface area contributed by atoms with Gasteiger partial charge in [0.05, 0.1) is 0 Å². The lowest BCUT2D eigenvalue weighted by atomic mass is 9.92. The largest absolute Gasteiger partial charge is 0.0810 e. The number of hydrogen-bond donors (Lipinski definition) is 0. The summed E-state index contributed by atoms with van der Waals surface area (Å²) in [6.45, 7) is 0. The van der Waals surface area contributed by atoms with E-state index in [1.54, 1.807) is 0 Å². The van der Waals surface area contributed by atoms with Crippen LogP contribution in [0.5, 0.6) is 0 Å². The van der Waals surface area contributed by atoms with Crippen molar-refractivity contribution in [3.63, 3.8) is 0 Å². The van der Waals surface area contributed by atoms with Crippen LogP contribution in [0.15, 0.2) is 36.4 Å². The van der Waals surface area contributed by atoms with Crippen molar-refractivity contribution in [2.24, 2.45) is 5.92 Å². The SMILES string of the molecule is [C]1=CCCC(Cc2ccccc2)CC1. The summed E-state index contributed by atoms with van der Waals surface area (Å²) in [5.41, 5.74) is 1.49. The summed E-state index contributed by atoms with van der Waals surface area (Å²) in [4.78, 5) is 0. The van der Waals surface area contributed by atoms with Crippen LogP contribution in [0.1, 0.15) is 31.2 Å². The van der Waals surface area contributed by atoms with Crippen molar-refractivity contribution in [2.75, 3.05) is 0 Å². The first-order chi connectivity index (χ1) is 6.95. The molecule has 0 aliphatic heterocycles. The molecule has 0 saturated heterocycles. The predicted molar refractivity (Wildman–Crippen MR) is 59.9 cm³/mol. The molecule has 1 radical (unpaired) electrons. The topological polar surface area (TPSA) is 0 Å². The highest BCUT2D eigenvalue weighted by molar-refractivity contribution is 5.15. The summed E-state index contributed by atoms with van der Waals surface area (Å²) in [5.74, 6) is 0.864. The molecule has 0 aromatic heterocycles. The molecule has 1 aromatic rings. The van der Waals surface area contributed by atoms with Gasteiger partial charge in [-0.3, -0.25) is 0 Å². The molecule has 0 nitrogen and oxygen atoms in total. The molecular weight excluding hydrogens is 168 g/mol. The summed E-state index contributed by atoms with van der Waals surface area (Å²) >= 11 is 0. The summed E-state index contributed by atoms with van der Waals surface area (Å²) in [6.07, 6.45) is 11.8. The molecule has 0 heterocycles. The summed E-state index contributed by atoms with van der Waals surface area (Å²) in [7, 11) is 0. The van der Waals surface area contributed by atoms with Crippen molar-refractivity contribution >= 4 is 0 Å². The van der Waals surface area contributed by atoms with Gasteiger partial charge in [0.2, 0.25) is 0 Å². The monoisotopic (exact) mass is 185 g/mol. The molecule has 1 aliphatic rings. The lowest BCUT2D eigenvalue weighted by Gasteiger charge is -2.13. The highest BCUT2D eigenvalue weighted by Crippen LogP contribution is 2.22. The third-order valence-corrected chi connectivity index (χ3v) is 2.93. The Balaban J connectivity index is 1.91. The van der Waals surface area contributed by atoms with Crippen molar-refractivity contribution in [1.29, 1.82) is 0 Å². The average Bonchev–Trinajstić information content (AvgIpc) is 2.48. The van der Waals surface area contributed by atoms with E-state index >= 15 is 0 Å². The molecule has 0 heteroatoms. The Hall–Kier alpha value is -1.04. The second-order valence-electron chi connectivity index (χ2n) is 4.08. The minimum Gasteiger partial charge on any atom is -0.0810 e. The van der Waals surface area contributed by atoms with E-state index in [0.717, 1.165) is 12.3 Å². The van der Waals surface area contributed by atoms with E-state index in [1.807, 2.05) is 0 Å². The maximum Gasteiger partial charge on any atom is -0.0250 e. The molecule has 0 N–H and O–H groups in total. The summed E-state index contributed by atoms with van der Waals surface area (Å²) in [5, 5.41) is 0. The molecule has 0 fully saturated rings. The van der Waals surface area contributed by atoms with Crippen LogP contribution in [0.3, 0.4) is 0 Å². The van der Waals surface area contributed by atoms with Crippen LogP contribution in [0.2, 0.25) is 0 Å². The first-order valence-corrected chi connectivity index (χ1v) is 5.54. The fourth-order valence-electron chi connectivity index (χ4n) is 2.11. The van der Waals surface area contributed by atoms with Crippen LogP contribution in [0, 0.1) is 12.0 Å². The molecular formula is C14H17. The zero-order chi connectivity index (χ0) is 9.64. The molecule has 0 saturated carbocycles. The minimum absolute atomic E-state index is 0.864. The van der Waals surface area contributed by atoms with E-state index in [9.17, 15) is 0 Å². The lowest BCUT2D eigenvalue weighted by Crippen LogP contribution is -2.02. The van der Waals surface area contributed by atoms with Crippen LogP contribution < -0.4 is 0 Å². The molecule has 14 heavy (non-hydrogen) atoms. The maximum atomic E-state index is 3.34. The maximum absolute atomic E-state index is 3.34. The van der Waals surface area contributed by atoms with Crippen molar-refractivity contribution in [3.8, 4) is 0 Å². The van der Waals surface area contributed by atoms with Gasteiger partial charge in [0.1, 0.15) is 0 Å². The van der Waals surface area contributed by atoms with Gasteiger partial charge in [-0.1, -0.05) is 36.4 Å². The Morgan fingerprint density at radius 3 is 2.86 bits per heavy atom. The molecule has 0 amide bonds. The highest BCUT2D eigenvalue weighted by atomic mass is 14.1. The van der Waals surface area contributed by atoms with E-state index in [4.69, 9.17) is 0 Å². The second-order valence-corrected chi connectivity index (χ2v) is 4.08. The van der Waals surface area contributed by atoms with Gasteiger partial charge in [-0.05, 0) is 49.7 Å². The summed E-state index contributed by atoms with van der Waals surface area (Å²) in [6, 6.07) is 10.8. The number of benzene rings is 1. The van der Waals surface area contributed by atoms with Crippen molar-refractivity contribution < 1.29 is 0 Å². The molecule has 0 spiro atoms. The fourth-order valence-corrected chi connectivity index (χ4v) is 2.11. The Kier molecular flexibility index (Phi) is 3.39. The number of allylic oxidation sites excluding steroid dienone is 2. The van der Waals surface area contributed by atoms with Crippen LogP contribution in [0.4, 0.5) is 0 Å². The van der Waals surface area contributed by atoms with Crippen molar-refractivity contribution in [1.82, 2.24) is 0 Å². The zero-order valence-electron chi connectivity index (χ0n) is 8.58. The predicted octanol–water partition coefficient (Wildman–Crippen LogP) is 3.78. The molecule has 0 bridgehead atoms. The third-order valence-electron chi connectivity index (χ3n) is 2.93. The van der Waals surface area contributed by atoms with E-state index in [2.05, 4.69) is 42.5 Å². The zero-order valence-corrected chi connectivity index (χ0v) is 8.58. The Morgan fingerprint density at radius 1 is 1.14 bits per heavy atom. The van der Waals surface area contributed by atoms with Gasteiger partial charge in [-0.2, -0.15) is 0 Å². The van der Waals surface area contributed by atoms with Crippen LogP contribution in [-0.2, 0) is 6.42 Å². The quantitative estimate of drug-likeness (QED) is 0.657. The Morgan fingerprint density at radius 2 is 2.00 bits per heavy atom. The Labute approximate surface area is 86.7 Å². The smallest absolute Gasteiger partial charge is 0.0250 e. The molecule has 1 aliphatic carbocycles. The first-order valence-electron chi connectivity index (χ1n) is 5.54. The van der Waals surface area contributed by atoms with Gasteiger partial charge in [0.25, 0.3) is 0 Å². The van der Waals surface area contributed by atoms with Crippen LogP contribution >= 0.6 is 0 Å². The Bertz CT molecular complexity index is 274. The van der Waals surface area contributed by atoms with E-state index in [-0.39, 0.29) is 0 Å². The van der Waals surface area contributed by atoms with Gasteiger partial charge in [0, 0.05) is 0 Å².